The van der Waals surface area contributed by atoms with E-state index in [0.717, 1.165) is 41.9 Å². The Kier molecular flexibility index (Phi) is 7.12. The van der Waals surface area contributed by atoms with Gasteiger partial charge in [0, 0.05) is 32.7 Å². The van der Waals surface area contributed by atoms with E-state index in [2.05, 4.69) is 37.4 Å². The topological polar surface area (TPSA) is 79.6 Å². The van der Waals surface area contributed by atoms with Crippen molar-refractivity contribution in [3.8, 4) is 0 Å². The third-order valence-electron chi connectivity index (χ3n) is 4.25. The van der Waals surface area contributed by atoms with E-state index in [4.69, 9.17) is 14.9 Å². The summed E-state index contributed by atoms with van der Waals surface area (Å²) in [4.78, 5) is 18.2. The molecule has 0 aliphatic carbocycles. The lowest BCUT2D eigenvalue weighted by molar-refractivity contribution is -0.124. The van der Waals surface area contributed by atoms with Crippen molar-refractivity contribution in [1.82, 2.24) is 19.9 Å². The number of aromatic nitrogens is 2. The molecule has 0 radical (unpaired) electrons. The molecular weight excluding hydrogens is 344 g/mol. The second-order valence-corrected chi connectivity index (χ2v) is 7.82. The highest BCUT2D eigenvalue weighted by Gasteiger charge is 2.23. The summed E-state index contributed by atoms with van der Waals surface area (Å²) in [6.07, 6.45) is 3.67. The Labute approximate surface area is 160 Å². The fourth-order valence-electron chi connectivity index (χ4n) is 3.40. The lowest BCUT2D eigenvalue weighted by Crippen LogP contribution is -2.33. The van der Waals surface area contributed by atoms with E-state index >= 15 is 0 Å². The molecule has 2 rings (SSSR count). The number of carbonyl (C=O) groups is 1. The van der Waals surface area contributed by atoms with Crippen LogP contribution in [-0.4, -0.2) is 59.9 Å². The van der Waals surface area contributed by atoms with Crippen LogP contribution in [0.2, 0.25) is 0 Å². The van der Waals surface area contributed by atoms with Gasteiger partial charge in [-0.3, -0.25) is 10.0 Å². The van der Waals surface area contributed by atoms with Crippen LogP contribution in [0.1, 0.15) is 25.2 Å². The fraction of sp³-hybridized carbons (Fsp3) is 0.500. The second kappa shape index (κ2) is 9.12. The van der Waals surface area contributed by atoms with Crippen LogP contribution in [0.4, 0.5) is 0 Å². The molecule has 2 aromatic rings. The summed E-state index contributed by atoms with van der Waals surface area (Å²) in [6, 6.07) is 5.92. The Hall–Kier alpha value is -2.22. The Bertz CT molecular complexity index is 809. The molecule has 7 heteroatoms. The van der Waals surface area contributed by atoms with Gasteiger partial charge in [-0.2, -0.15) is 0 Å². The van der Waals surface area contributed by atoms with Gasteiger partial charge >= 0.3 is 0 Å². The minimum absolute atomic E-state index is 0.0801. The number of nitrogens with one attached hydrogen (secondary N) is 1. The number of hydrogen-bond donors (Lipinski definition) is 2. The molecule has 1 aromatic carbocycles. The van der Waals surface area contributed by atoms with Gasteiger partial charge in [-0.05, 0) is 43.3 Å². The summed E-state index contributed by atoms with van der Waals surface area (Å²) in [5, 5.41) is 8.60. The molecule has 0 fully saturated rings. The zero-order chi connectivity index (χ0) is 20.0. The van der Waals surface area contributed by atoms with E-state index in [1.807, 2.05) is 18.2 Å². The van der Waals surface area contributed by atoms with Crippen molar-refractivity contribution in [3.05, 3.63) is 35.7 Å². The molecule has 0 aliphatic heterocycles. The van der Waals surface area contributed by atoms with Crippen LogP contribution in [0.5, 0.6) is 0 Å². The quantitative estimate of drug-likeness (QED) is 0.400. The van der Waals surface area contributed by atoms with Crippen LogP contribution in [-0.2, 0) is 22.5 Å². The zero-order valence-corrected chi connectivity index (χ0v) is 16.8. The van der Waals surface area contributed by atoms with Crippen LogP contribution in [0.25, 0.3) is 17.1 Å². The Balaban J connectivity index is 2.40. The highest BCUT2D eigenvalue weighted by Crippen LogP contribution is 2.26. The van der Waals surface area contributed by atoms with Gasteiger partial charge in [0.25, 0.3) is 5.91 Å². The summed E-state index contributed by atoms with van der Waals surface area (Å²) in [5.41, 5.74) is 4.46. The van der Waals surface area contributed by atoms with Crippen molar-refractivity contribution in [3.63, 3.8) is 0 Å². The number of hydroxylamine groups is 1. The van der Waals surface area contributed by atoms with Gasteiger partial charge in [0.2, 0.25) is 0 Å². The van der Waals surface area contributed by atoms with Gasteiger partial charge in [-0.1, -0.05) is 19.9 Å². The first-order chi connectivity index (χ1) is 12.8. The first-order valence-corrected chi connectivity index (χ1v) is 9.01. The first kappa shape index (κ1) is 21.1. The molecule has 0 aliphatic rings. The van der Waals surface area contributed by atoms with E-state index in [1.165, 1.54) is 6.08 Å². The zero-order valence-electron chi connectivity index (χ0n) is 16.8. The summed E-state index contributed by atoms with van der Waals surface area (Å²) < 4.78 is 7.52. The largest absolute Gasteiger partial charge is 0.384 e. The maximum absolute atomic E-state index is 11.2. The number of nitrogens with zero attached hydrogens (tertiary/aromatic N) is 3. The fourth-order valence-corrected chi connectivity index (χ4v) is 3.40. The van der Waals surface area contributed by atoms with E-state index in [1.54, 1.807) is 18.7 Å². The molecule has 1 heterocycles. The molecule has 1 aromatic heterocycles. The third kappa shape index (κ3) is 5.89. The molecule has 0 bridgehead atoms. The average molecular weight is 374 g/mol. The van der Waals surface area contributed by atoms with E-state index in [0.29, 0.717) is 6.61 Å². The first-order valence-electron chi connectivity index (χ1n) is 9.01. The minimum Gasteiger partial charge on any atom is -0.384 e. The van der Waals surface area contributed by atoms with Gasteiger partial charge in [-0.15, -0.1) is 0 Å². The number of amides is 1. The maximum Gasteiger partial charge on any atom is 0.267 e. The summed E-state index contributed by atoms with van der Waals surface area (Å²) in [7, 11) is 5.86. The van der Waals surface area contributed by atoms with Crippen LogP contribution in [0.15, 0.2) is 24.3 Å². The van der Waals surface area contributed by atoms with E-state index in [-0.39, 0.29) is 5.41 Å². The standard InChI is InChI=1S/C20H30N4O3/c1-20(2,13-23(3)4)14-24-17-8-6-15(7-9-19(25)22-26)12-16(17)21-18(24)10-11-27-5/h6-9,12,26H,10-11,13-14H2,1-5H3,(H,22,25). The Morgan fingerprint density at radius 1 is 1.41 bits per heavy atom. The number of hydrogen-bond acceptors (Lipinski definition) is 5. The van der Waals surface area contributed by atoms with Gasteiger partial charge < -0.3 is 14.2 Å². The van der Waals surface area contributed by atoms with Crippen LogP contribution < -0.4 is 5.48 Å². The molecule has 0 spiro atoms. The van der Waals surface area contributed by atoms with E-state index in [9.17, 15) is 4.79 Å². The van der Waals surface area contributed by atoms with Gasteiger partial charge in [0.15, 0.2) is 0 Å². The molecule has 27 heavy (non-hydrogen) atoms. The number of imidazole rings is 1. The lowest BCUT2D eigenvalue weighted by atomic mass is 9.92. The van der Waals surface area contributed by atoms with Crippen LogP contribution >= 0.6 is 0 Å². The number of methoxy groups -OCH3 is 1. The number of fused-ring (bicyclic) bond motifs is 1. The molecule has 0 unspecified atom stereocenters. The monoisotopic (exact) mass is 374 g/mol. The predicted octanol–water partition coefficient (Wildman–Crippen LogP) is 2.33. The highest BCUT2D eigenvalue weighted by atomic mass is 16.5. The van der Waals surface area contributed by atoms with Crippen LogP contribution in [0, 0.1) is 5.41 Å². The van der Waals surface area contributed by atoms with Gasteiger partial charge in [0.05, 0.1) is 17.6 Å². The molecule has 0 atom stereocenters. The molecule has 0 saturated heterocycles. The minimum atomic E-state index is -0.563. The van der Waals surface area contributed by atoms with Crippen molar-refractivity contribution in [2.75, 3.05) is 34.4 Å². The summed E-state index contributed by atoms with van der Waals surface area (Å²) >= 11 is 0. The Morgan fingerprint density at radius 3 is 2.78 bits per heavy atom. The van der Waals surface area contributed by atoms with Gasteiger partial charge in [-0.25, -0.2) is 10.5 Å². The molecule has 7 nitrogen and oxygen atoms in total. The van der Waals surface area contributed by atoms with Crippen molar-refractivity contribution < 1.29 is 14.7 Å². The molecule has 148 valence electrons. The van der Waals surface area contributed by atoms with Crippen molar-refractivity contribution in [1.29, 1.82) is 0 Å². The van der Waals surface area contributed by atoms with Crippen molar-refractivity contribution >= 4 is 23.0 Å². The maximum atomic E-state index is 11.2. The van der Waals surface area contributed by atoms with E-state index < -0.39 is 5.91 Å². The number of ether oxygens (including phenoxy) is 1. The summed E-state index contributed by atoms with van der Waals surface area (Å²) in [6.45, 7) is 6.93. The van der Waals surface area contributed by atoms with Crippen molar-refractivity contribution in [2.24, 2.45) is 5.41 Å². The number of rotatable bonds is 9. The van der Waals surface area contributed by atoms with Crippen LogP contribution in [0.3, 0.4) is 0 Å². The predicted molar refractivity (Wildman–Crippen MR) is 107 cm³/mol. The lowest BCUT2D eigenvalue weighted by Gasteiger charge is -2.29. The molecular formula is C20H30N4O3. The van der Waals surface area contributed by atoms with Crippen molar-refractivity contribution in [2.45, 2.75) is 26.8 Å². The molecule has 2 N–H and O–H groups in total. The molecule has 0 saturated carbocycles. The van der Waals surface area contributed by atoms with Gasteiger partial charge in [0.1, 0.15) is 5.82 Å². The smallest absolute Gasteiger partial charge is 0.267 e. The summed E-state index contributed by atoms with van der Waals surface area (Å²) in [5.74, 6) is 0.430. The highest BCUT2D eigenvalue weighted by molar-refractivity contribution is 5.91. The average Bonchev–Trinajstić information content (AvgIpc) is 2.92. The number of carbonyl (C=O) groups excluding carboxylic acids is 1. The second-order valence-electron chi connectivity index (χ2n) is 7.82. The third-order valence-corrected chi connectivity index (χ3v) is 4.25. The Morgan fingerprint density at radius 2 is 2.15 bits per heavy atom. The molecule has 1 amide bonds. The number of benzene rings is 1. The SMILES string of the molecule is COCCc1nc2cc(C=CC(=O)NO)ccc2n1CC(C)(C)CN(C)C. The normalized spacial score (nSPS) is 12.4.